The molecule has 0 aliphatic rings. The van der Waals surface area contributed by atoms with E-state index in [2.05, 4.69) is 5.32 Å². The number of aliphatic hydroxyl groups excluding tert-OH is 1. The minimum absolute atomic E-state index is 0.0990. The molecule has 1 aromatic rings. The molecule has 19 heavy (non-hydrogen) atoms. The number of benzene rings is 1. The summed E-state index contributed by atoms with van der Waals surface area (Å²) in [5, 5.41) is 12.3. The first kappa shape index (κ1) is 15.3. The summed E-state index contributed by atoms with van der Waals surface area (Å²) in [5.41, 5.74) is 7.38. The Labute approximate surface area is 113 Å². The van der Waals surface area contributed by atoms with E-state index in [1.165, 1.54) is 4.90 Å². The van der Waals surface area contributed by atoms with E-state index in [1.54, 1.807) is 39.4 Å². The van der Waals surface area contributed by atoms with Gasteiger partial charge in [0.2, 0.25) is 0 Å². The fourth-order valence-electron chi connectivity index (χ4n) is 1.67. The molecule has 1 unspecified atom stereocenters. The van der Waals surface area contributed by atoms with Crippen LogP contribution in [0.3, 0.4) is 0 Å². The Bertz CT molecular complexity index is 435. The first-order valence-electron chi connectivity index (χ1n) is 5.97. The number of nitrogens with zero attached hydrogens (tertiary/aromatic N) is 1. The largest absolute Gasteiger partial charge is 0.399 e. The van der Waals surface area contributed by atoms with Crippen molar-refractivity contribution in [3.63, 3.8) is 0 Å². The van der Waals surface area contributed by atoms with Crippen molar-refractivity contribution in [2.75, 3.05) is 45.5 Å². The number of ether oxygens (including phenoxy) is 1. The second-order valence-corrected chi connectivity index (χ2v) is 4.48. The summed E-state index contributed by atoms with van der Waals surface area (Å²) in [7, 11) is 4.91. The number of anilines is 2. The number of amides is 1. The smallest absolute Gasteiger partial charge is 0.255 e. The van der Waals surface area contributed by atoms with Crippen LogP contribution in [0.1, 0.15) is 10.4 Å². The Balaban J connectivity index is 3.03. The fourth-order valence-corrected chi connectivity index (χ4v) is 1.67. The number of carbonyl (C=O) groups excluding carboxylic acids is 1. The summed E-state index contributed by atoms with van der Waals surface area (Å²) in [6.07, 6.45) is 0. The van der Waals surface area contributed by atoms with Gasteiger partial charge in [0, 0.05) is 32.6 Å². The Morgan fingerprint density at radius 2 is 2.21 bits per heavy atom. The quantitative estimate of drug-likeness (QED) is 0.649. The first-order valence-corrected chi connectivity index (χ1v) is 5.97. The molecule has 106 valence electrons. The summed E-state index contributed by atoms with van der Waals surface area (Å²) in [6.45, 7) is 0.235. The third-order valence-electron chi connectivity index (χ3n) is 2.63. The van der Waals surface area contributed by atoms with E-state index in [0.29, 0.717) is 23.5 Å². The predicted octanol–water partition coefficient (Wildman–Crippen LogP) is 0.390. The molecule has 0 saturated heterocycles. The van der Waals surface area contributed by atoms with Crippen LogP contribution in [-0.4, -0.2) is 56.4 Å². The van der Waals surface area contributed by atoms with Crippen LogP contribution in [-0.2, 0) is 4.74 Å². The van der Waals surface area contributed by atoms with Gasteiger partial charge in [-0.1, -0.05) is 0 Å². The molecule has 0 spiro atoms. The number of nitrogen functional groups attached to an aromatic ring is 1. The van der Waals surface area contributed by atoms with Crippen molar-refractivity contribution in [2.45, 2.75) is 6.04 Å². The number of methoxy groups -OCH3 is 1. The molecule has 0 aliphatic carbocycles. The molecule has 0 bridgehead atoms. The molecule has 1 aromatic carbocycles. The van der Waals surface area contributed by atoms with E-state index in [0.717, 1.165) is 0 Å². The van der Waals surface area contributed by atoms with Gasteiger partial charge in [-0.2, -0.15) is 0 Å². The molecule has 4 N–H and O–H groups in total. The van der Waals surface area contributed by atoms with E-state index in [9.17, 15) is 9.90 Å². The molecule has 1 amide bonds. The highest BCUT2D eigenvalue weighted by Crippen LogP contribution is 2.21. The lowest BCUT2D eigenvalue weighted by Crippen LogP contribution is -2.31. The highest BCUT2D eigenvalue weighted by Gasteiger charge is 2.16. The van der Waals surface area contributed by atoms with Gasteiger partial charge in [0.1, 0.15) is 0 Å². The maximum Gasteiger partial charge on any atom is 0.255 e. The Morgan fingerprint density at radius 3 is 2.74 bits per heavy atom. The van der Waals surface area contributed by atoms with Gasteiger partial charge in [0.25, 0.3) is 5.91 Å². The molecular weight excluding hydrogens is 246 g/mol. The molecule has 0 saturated carbocycles. The molecule has 1 atom stereocenters. The highest BCUT2D eigenvalue weighted by molar-refractivity contribution is 6.00. The maximum absolute atomic E-state index is 12.1. The lowest BCUT2D eigenvalue weighted by molar-refractivity contribution is 0.0828. The van der Waals surface area contributed by atoms with Crippen LogP contribution in [0.2, 0.25) is 0 Å². The average Bonchev–Trinajstić information content (AvgIpc) is 2.37. The van der Waals surface area contributed by atoms with E-state index in [-0.39, 0.29) is 18.6 Å². The van der Waals surface area contributed by atoms with Crippen molar-refractivity contribution in [3.8, 4) is 0 Å². The molecule has 0 aliphatic heterocycles. The van der Waals surface area contributed by atoms with E-state index < -0.39 is 0 Å². The summed E-state index contributed by atoms with van der Waals surface area (Å²) >= 11 is 0. The van der Waals surface area contributed by atoms with Gasteiger partial charge in [-0.05, 0) is 18.2 Å². The molecular formula is C13H21N3O3. The zero-order valence-corrected chi connectivity index (χ0v) is 11.5. The summed E-state index contributed by atoms with van der Waals surface area (Å²) in [4.78, 5) is 13.5. The second-order valence-electron chi connectivity index (χ2n) is 4.48. The molecule has 0 radical (unpaired) electrons. The van der Waals surface area contributed by atoms with E-state index in [1.807, 2.05) is 0 Å². The van der Waals surface area contributed by atoms with Crippen LogP contribution in [0, 0.1) is 0 Å². The lowest BCUT2D eigenvalue weighted by Gasteiger charge is -2.20. The zero-order chi connectivity index (χ0) is 14.4. The normalized spacial score (nSPS) is 12.0. The van der Waals surface area contributed by atoms with Crippen LogP contribution in [0.4, 0.5) is 11.4 Å². The summed E-state index contributed by atoms with van der Waals surface area (Å²) in [5.74, 6) is -0.128. The number of rotatable bonds is 6. The SMILES string of the molecule is COCC(CO)Nc1cc(N)ccc1C(=O)N(C)C. The standard InChI is InChI=1S/C13H21N3O3/c1-16(2)13(18)11-5-4-9(14)6-12(11)15-10(7-17)8-19-3/h4-6,10,15,17H,7-8,14H2,1-3H3. The number of carbonyl (C=O) groups is 1. The Hall–Kier alpha value is -1.79. The topological polar surface area (TPSA) is 87.8 Å². The summed E-state index contributed by atoms with van der Waals surface area (Å²) < 4.78 is 5.00. The Kier molecular flexibility index (Phi) is 5.59. The van der Waals surface area contributed by atoms with Gasteiger partial charge >= 0.3 is 0 Å². The van der Waals surface area contributed by atoms with Gasteiger partial charge in [-0.15, -0.1) is 0 Å². The molecule has 0 heterocycles. The minimum atomic E-state index is -0.291. The molecule has 6 nitrogen and oxygen atoms in total. The highest BCUT2D eigenvalue weighted by atomic mass is 16.5. The van der Waals surface area contributed by atoms with Crippen molar-refractivity contribution in [2.24, 2.45) is 0 Å². The van der Waals surface area contributed by atoms with Gasteiger partial charge in [-0.25, -0.2) is 0 Å². The first-order chi connectivity index (χ1) is 8.99. The predicted molar refractivity (Wildman–Crippen MR) is 75.2 cm³/mol. The van der Waals surface area contributed by atoms with Crippen molar-refractivity contribution in [1.29, 1.82) is 0 Å². The third-order valence-corrected chi connectivity index (χ3v) is 2.63. The molecule has 0 aromatic heterocycles. The molecule has 0 fully saturated rings. The third kappa shape index (κ3) is 4.11. The van der Waals surface area contributed by atoms with E-state index in [4.69, 9.17) is 10.5 Å². The van der Waals surface area contributed by atoms with E-state index >= 15 is 0 Å². The van der Waals surface area contributed by atoms with Crippen LogP contribution >= 0.6 is 0 Å². The number of aliphatic hydroxyl groups is 1. The average molecular weight is 267 g/mol. The van der Waals surface area contributed by atoms with Crippen LogP contribution < -0.4 is 11.1 Å². The van der Waals surface area contributed by atoms with Gasteiger partial charge in [0.05, 0.1) is 24.8 Å². The van der Waals surface area contributed by atoms with Gasteiger partial charge < -0.3 is 25.8 Å². The van der Waals surface area contributed by atoms with Crippen LogP contribution in [0.15, 0.2) is 18.2 Å². The van der Waals surface area contributed by atoms with Crippen molar-refractivity contribution >= 4 is 17.3 Å². The van der Waals surface area contributed by atoms with Crippen LogP contribution in [0.25, 0.3) is 0 Å². The van der Waals surface area contributed by atoms with Gasteiger partial charge in [-0.3, -0.25) is 4.79 Å². The second kappa shape index (κ2) is 6.96. The summed E-state index contributed by atoms with van der Waals surface area (Å²) in [6, 6.07) is 4.73. The number of nitrogens with one attached hydrogen (secondary N) is 1. The Morgan fingerprint density at radius 1 is 1.53 bits per heavy atom. The minimum Gasteiger partial charge on any atom is -0.399 e. The zero-order valence-electron chi connectivity index (χ0n) is 11.5. The number of hydrogen-bond acceptors (Lipinski definition) is 5. The van der Waals surface area contributed by atoms with Crippen LogP contribution in [0.5, 0.6) is 0 Å². The van der Waals surface area contributed by atoms with Crippen molar-refractivity contribution < 1.29 is 14.6 Å². The van der Waals surface area contributed by atoms with Crippen molar-refractivity contribution in [1.82, 2.24) is 4.90 Å². The maximum atomic E-state index is 12.1. The molecule has 6 heteroatoms. The van der Waals surface area contributed by atoms with Gasteiger partial charge in [0.15, 0.2) is 0 Å². The number of nitrogens with two attached hydrogens (primary N) is 1. The fraction of sp³-hybridized carbons (Fsp3) is 0.462. The monoisotopic (exact) mass is 267 g/mol. The number of hydrogen-bond donors (Lipinski definition) is 3. The molecule has 1 rings (SSSR count). The lowest BCUT2D eigenvalue weighted by atomic mass is 10.1. The van der Waals surface area contributed by atoms with Crippen molar-refractivity contribution in [3.05, 3.63) is 23.8 Å².